The van der Waals surface area contributed by atoms with E-state index in [1.54, 1.807) is 0 Å². The molecule has 0 atom stereocenters. The third-order valence-corrected chi connectivity index (χ3v) is 10.5. The van der Waals surface area contributed by atoms with Crippen LogP contribution >= 0.6 is 0 Å². The van der Waals surface area contributed by atoms with Crippen LogP contribution in [0.4, 0.5) is 0 Å². The van der Waals surface area contributed by atoms with Gasteiger partial charge in [0.2, 0.25) is 0 Å². The van der Waals surface area contributed by atoms with E-state index in [9.17, 15) is 0 Å². The molecule has 0 saturated heterocycles. The van der Waals surface area contributed by atoms with Gasteiger partial charge in [0.25, 0.3) is 0 Å². The summed E-state index contributed by atoms with van der Waals surface area (Å²) in [7, 11) is 0. The molecular weight excluding hydrogens is 603 g/mol. The number of nitrogens with zero attached hydrogens (tertiary/aromatic N) is 5. The SMILES string of the molecule is Cc1cc(C)c(-c2cn3c4cccnc4c4ccc(Oc5ccc6c(c5)-n5c7ncccc7c7cccc(c75)C6(C)C)cc4c3n2)c(C)c1. The monoisotopic (exact) mass is 635 g/mol. The molecule has 0 N–H and O–H groups in total. The fourth-order valence-electron chi connectivity index (χ4n) is 8.44. The highest BCUT2D eigenvalue weighted by Gasteiger charge is 2.35. The van der Waals surface area contributed by atoms with Gasteiger partial charge in [-0.3, -0.25) is 14.0 Å². The molecule has 0 unspecified atom stereocenters. The molecule has 5 aromatic heterocycles. The lowest BCUT2D eigenvalue weighted by molar-refractivity contribution is 0.482. The Bertz CT molecular complexity index is 2850. The third kappa shape index (κ3) is 3.85. The Hall–Kier alpha value is -6.01. The Balaban J connectivity index is 1.15. The van der Waals surface area contributed by atoms with Gasteiger partial charge in [-0.15, -0.1) is 0 Å². The van der Waals surface area contributed by atoms with Crippen molar-refractivity contribution in [1.82, 2.24) is 23.9 Å². The van der Waals surface area contributed by atoms with E-state index in [1.807, 2.05) is 30.6 Å². The van der Waals surface area contributed by atoms with Gasteiger partial charge in [0.15, 0.2) is 0 Å². The fourth-order valence-corrected chi connectivity index (χ4v) is 8.44. The third-order valence-electron chi connectivity index (χ3n) is 10.5. The molecule has 236 valence electrons. The van der Waals surface area contributed by atoms with Crippen LogP contribution in [-0.2, 0) is 5.41 Å². The van der Waals surface area contributed by atoms with Crippen LogP contribution in [0, 0.1) is 20.8 Å². The maximum atomic E-state index is 6.71. The number of imidazole rings is 1. The smallest absolute Gasteiger partial charge is 0.146 e. The summed E-state index contributed by atoms with van der Waals surface area (Å²) < 4.78 is 11.2. The number of hydrogen-bond donors (Lipinski definition) is 0. The highest BCUT2D eigenvalue weighted by atomic mass is 16.5. The highest BCUT2D eigenvalue weighted by Crippen LogP contribution is 2.48. The van der Waals surface area contributed by atoms with Crippen molar-refractivity contribution in [3.63, 3.8) is 0 Å². The van der Waals surface area contributed by atoms with Crippen LogP contribution in [0.15, 0.2) is 110 Å². The lowest BCUT2D eigenvalue weighted by Crippen LogP contribution is -2.26. The lowest BCUT2D eigenvalue weighted by Gasteiger charge is -2.34. The molecule has 9 aromatic rings. The Morgan fingerprint density at radius 1 is 0.653 bits per heavy atom. The number of pyridine rings is 3. The van der Waals surface area contributed by atoms with Gasteiger partial charge in [0.05, 0.1) is 27.9 Å². The predicted octanol–water partition coefficient (Wildman–Crippen LogP) is 10.6. The Morgan fingerprint density at radius 3 is 2.27 bits per heavy atom. The van der Waals surface area contributed by atoms with Crippen LogP contribution in [0.5, 0.6) is 11.5 Å². The number of rotatable bonds is 3. The van der Waals surface area contributed by atoms with Gasteiger partial charge >= 0.3 is 0 Å². The molecule has 1 aliphatic heterocycles. The van der Waals surface area contributed by atoms with Crippen molar-refractivity contribution >= 4 is 49.4 Å². The normalized spacial score (nSPS) is 13.6. The zero-order valence-corrected chi connectivity index (χ0v) is 28.0. The first-order chi connectivity index (χ1) is 23.8. The maximum absolute atomic E-state index is 6.71. The largest absolute Gasteiger partial charge is 0.457 e. The number of aromatic nitrogens is 5. The van der Waals surface area contributed by atoms with Gasteiger partial charge in [-0.25, -0.2) is 9.97 Å². The average Bonchev–Trinajstić information content (AvgIpc) is 3.68. The van der Waals surface area contributed by atoms with E-state index in [0.29, 0.717) is 0 Å². The first kappa shape index (κ1) is 28.0. The number of hydrogen-bond acceptors (Lipinski definition) is 4. The zero-order valence-electron chi connectivity index (χ0n) is 28.0. The molecule has 0 fully saturated rings. The van der Waals surface area contributed by atoms with Gasteiger partial charge in [-0.2, -0.15) is 0 Å². The van der Waals surface area contributed by atoms with Crippen molar-refractivity contribution in [3.05, 3.63) is 137 Å². The van der Waals surface area contributed by atoms with Gasteiger partial charge in [0.1, 0.15) is 22.8 Å². The topological polar surface area (TPSA) is 57.2 Å². The second kappa shape index (κ2) is 9.77. The molecule has 10 rings (SSSR count). The van der Waals surface area contributed by atoms with Gasteiger partial charge in [-0.1, -0.05) is 55.8 Å². The summed E-state index contributed by atoms with van der Waals surface area (Å²) >= 11 is 0. The van der Waals surface area contributed by atoms with E-state index in [4.69, 9.17) is 19.7 Å². The van der Waals surface area contributed by atoms with Gasteiger partial charge < -0.3 is 4.74 Å². The van der Waals surface area contributed by atoms with Crippen LogP contribution in [0.1, 0.15) is 41.7 Å². The molecule has 4 aromatic carbocycles. The average molecular weight is 636 g/mol. The van der Waals surface area contributed by atoms with Crippen molar-refractivity contribution < 1.29 is 4.74 Å². The van der Waals surface area contributed by atoms with E-state index >= 15 is 0 Å². The van der Waals surface area contributed by atoms with Gasteiger partial charge in [0, 0.05) is 57.2 Å². The predicted molar refractivity (Wildman–Crippen MR) is 198 cm³/mol. The molecule has 0 spiro atoms. The minimum atomic E-state index is -0.188. The number of benzene rings is 4. The standard InChI is InChI=1S/C43H33N5O/c1-24-19-25(2)38(26(3)20-24)35-23-47-36-12-8-17-44-39(36)29-15-13-27(21-32(29)42(47)46-35)49-28-14-16-33-37(22-28)48-40-30(31-10-7-18-45-41(31)48)9-6-11-34(40)43(33,4)5/h6-23H,1-5H3. The van der Waals surface area contributed by atoms with E-state index in [2.05, 4.69) is 123 Å². The lowest BCUT2D eigenvalue weighted by atomic mass is 9.74. The summed E-state index contributed by atoms with van der Waals surface area (Å²) in [6.45, 7) is 11.1. The van der Waals surface area contributed by atoms with E-state index in [1.165, 1.54) is 44.3 Å². The van der Waals surface area contributed by atoms with Crippen LogP contribution in [0.3, 0.4) is 0 Å². The Labute approximate surface area is 283 Å². The summed E-state index contributed by atoms with van der Waals surface area (Å²) in [5.74, 6) is 1.51. The Morgan fingerprint density at radius 2 is 1.41 bits per heavy atom. The zero-order chi connectivity index (χ0) is 33.2. The number of fused-ring (bicyclic) bond motifs is 11. The molecule has 6 heterocycles. The van der Waals surface area contributed by atoms with Crippen molar-refractivity contribution in [2.75, 3.05) is 0 Å². The molecule has 6 nitrogen and oxygen atoms in total. The molecular formula is C43H33N5O. The summed E-state index contributed by atoms with van der Waals surface area (Å²) in [5.41, 5.74) is 14.3. The molecule has 0 amide bonds. The second-order valence-electron chi connectivity index (χ2n) is 14.0. The summed E-state index contributed by atoms with van der Waals surface area (Å²) in [4.78, 5) is 15.0. The van der Waals surface area contributed by atoms with Crippen LogP contribution in [0.25, 0.3) is 66.3 Å². The van der Waals surface area contributed by atoms with Gasteiger partial charge in [-0.05, 0) is 91.6 Å². The molecule has 1 aliphatic rings. The molecule has 6 heteroatoms. The number of para-hydroxylation sites is 1. The summed E-state index contributed by atoms with van der Waals surface area (Å²) in [5, 5.41) is 4.41. The van der Waals surface area contributed by atoms with Crippen molar-refractivity contribution in [1.29, 1.82) is 0 Å². The molecule has 0 radical (unpaired) electrons. The summed E-state index contributed by atoms with van der Waals surface area (Å²) in [6, 6.07) is 32.1. The van der Waals surface area contributed by atoms with Crippen molar-refractivity contribution in [2.45, 2.75) is 40.0 Å². The first-order valence-corrected chi connectivity index (χ1v) is 16.8. The Kier molecular flexibility index (Phi) is 5.59. The summed E-state index contributed by atoms with van der Waals surface area (Å²) in [6.07, 6.45) is 5.88. The van der Waals surface area contributed by atoms with Crippen LogP contribution < -0.4 is 4.74 Å². The first-order valence-electron chi connectivity index (χ1n) is 16.8. The maximum Gasteiger partial charge on any atom is 0.146 e. The van der Waals surface area contributed by atoms with E-state index < -0.39 is 0 Å². The molecule has 0 aliphatic carbocycles. The van der Waals surface area contributed by atoms with Crippen LogP contribution in [0.2, 0.25) is 0 Å². The number of aryl methyl sites for hydroxylation is 3. The minimum absolute atomic E-state index is 0.188. The fraction of sp³-hybridized carbons (Fsp3) is 0.140. The quantitative estimate of drug-likeness (QED) is 0.181. The van der Waals surface area contributed by atoms with Crippen molar-refractivity contribution in [3.8, 4) is 28.4 Å². The second-order valence-corrected chi connectivity index (χ2v) is 14.0. The molecule has 0 saturated carbocycles. The molecule has 0 bridgehead atoms. The minimum Gasteiger partial charge on any atom is -0.457 e. The number of ether oxygens (including phenoxy) is 1. The van der Waals surface area contributed by atoms with Crippen molar-refractivity contribution in [2.24, 2.45) is 0 Å². The van der Waals surface area contributed by atoms with E-state index in [-0.39, 0.29) is 5.41 Å². The van der Waals surface area contributed by atoms with Crippen LogP contribution in [-0.4, -0.2) is 23.9 Å². The van der Waals surface area contributed by atoms with E-state index in [0.717, 1.165) is 61.4 Å². The molecule has 49 heavy (non-hydrogen) atoms. The highest BCUT2D eigenvalue weighted by molar-refractivity contribution is 6.11.